The molecule has 0 atom stereocenters. The summed E-state index contributed by atoms with van der Waals surface area (Å²) < 4.78 is 107. The molecule has 18 heteroatoms. The number of aryl methyl sites for hydroxylation is 1. The zero-order chi connectivity index (χ0) is 40.0. The molecule has 1 N–H and O–H groups in total. The molecule has 0 spiro atoms. The van der Waals surface area contributed by atoms with Gasteiger partial charge in [0.05, 0.1) is 31.0 Å². The van der Waals surface area contributed by atoms with E-state index < -0.39 is 59.3 Å². The molecule has 9 nitrogen and oxygen atoms in total. The topological polar surface area (TPSA) is 125 Å². The van der Waals surface area contributed by atoms with Crippen molar-refractivity contribution in [1.82, 2.24) is 0 Å². The normalized spacial score (nSPS) is 10.5. The van der Waals surface area contributed by atoms with Crippen LogP contribution in [0, 0.1) is 34.5 Å². The summed E-state index contributed by atoms with van der Waals surface area (Å²) in [6.07, 6.45) is -5.93. The standard InChI is InChI=1S/C18H16BrF3O3.C10H9F2NO4.C7H5BrF2O/c1-3-24-15(23)8-11-5-4-10(2)17(16(11)20)25-14-7-12(18(21)22)6-13(19)9-14;1-2-17-8(14)5-6-3-4-7(13(15)16)10(12)9(6)11;8-5-1-4(7(9)10)2-6(11)3-5/h4-7,9,18H,3,8H2,1-2H3;3-4H,2,5H2,1H3;1-3,7,11H. The molecule has 4 aromatic carbocycles. The monoisotopic (exact) mass is 883 g/mol. The highest BCUT2D eigenvalue weighted by Crippen LogP contribution is 2.34. The van der Waals surface area contributed by atoms with Crippen LogP contribution in [0.15, 0.2) is 69.6 Å². The maximum absolute atomic E-state index is 14.7. The van der Waals surface area contributed by atoms with Crippen molar-refractivity contribution >= 4 is 49.5 Å². The summed E-state index contributed by atoms with van der Waals surface area (Å²) >= 11 is 6.12. The Morgan fingerprint density at radius 3 is 1.74 bits per heavy atom. The number of nitro groups is 1. The van der Waals surface area contributed by atoms with E-state index in [1.165, 1.54) is 30.3 Å². The number of hydrogen-bond acceptors (Lipinski definition) is 8. The number of ether oxygens (including phenoxy) is 3. The van der Waals surface area contributed by atoms with Gasteiger partial charge in [-0.25, -0.2) is 26.3 Å². The van der Waals surface area contributed by atoms with Crippen molar-refractivity contribution in [2.45, 2.75) is 46.5 Å². The van der Waals surface area contributed by atoms with Crippen molar-refractivity contribution in [1.29, 1.82) is 0 Å². The SMILES string of the molecule is CCOC(=O)Cc1ccc(C)c(Oc2cc(Br)cc(C(F)F)c2)c1F.CCOC(=O)Cc1ccc([N+](=O)[O-])c(F)c1F.Oc1cc(Br)cc(C(F)F)c1. The van der Waals surface area contributed by atoms with Crippen molar-refractivity contribution in [3.8, 4) is 17.2 Å². The molecule has 0 saturated heterocycles. The Hall–Kier alpha value is -4.71. The fourth-order valence-electron chi connectivity index (χ4n) is 4.16. The number of alkyl halides is 4. The van der Waals surface area contributed by atoms with E-state index in [-0.39, 0.29) is 59.1 Å². The van der Waals surface area contributed by atoms with Crippen molar-refractivity contribution in [2.75, 3.05) is 13.2 Å². The van der Waals surface area contributed by atoms with Gasteiger partial charge in [-0.3, -0.25) is 19.7 Å². The van der Waals surface area contributed by atoms with Crippen LogP contribution in [-0.4, -0.2) is 35.2 Å². The molecule has 0 fully saturated rings. The highest BCUT2D eigenvalue weighted by atomic mass is 79.9. The average molecular weight is 885 g/mol. The fourth-order valence-corrected chi connectivity index (χ4v) is 5.15. The van der Waals surface area contributed by atoms with E-state index >= 15 is 0 Å². The molecule has 0 heterocycles. The number of benzene rings is 4. The van der Waals surface area contributed by atoms with Gasteiger partial charge in [0.2, 0.25) is 5.82 Å². The predicted molar refractivity (Wildman–Crippen MR) is 185 cm³/mol. The molecule has 4 rings (SSSR count). The quantitative estimate of drug-likeness (QED) is 0.0683. The molecule has 0 aliphatic heterocycles. The summed E-state index contributed by atoms with van der Waals surface area (Å²) in [4.78, 5) is 31.9. The molecule has 0 radical (unpaired) electrons. The molecular weight excluding hydrogens is 855 g/mol. The Morgan fingerprint density at radius 1 is 0.755 bits per heavy atom. The summed E-state index contributed by atoms with van der Waals surface area (Å²) in [6.45, 7) is 5.18. The maximum atomic E-state index is 14.7. The zero-order valence-corrected chi connectivity index (χ0v) is 31.1. The molecular formula is C35H30Br2F7NO8. The van der Waals surface area contributed by atoms with Crippen LogP contribution < -0.4 is 4.74 Å². The maximum Gasteiger partial charge on any atom is 0.310 e. The third-order valence-electron chi connectivity index (χ3n) is 6.52. The molecule has 0 saturated carbocycles. The molecule has 53 heavy (non-hydrogen) atoms. The minimum atomic E-state index is -2.68. The van der Waals surface area contributed by atoms with E-state index in [4.69, 9.17) is 14.6 Å². The Kier molecular flexibility index (Phi) is 17.7. The molecule has 4 aromatic rings. The molecule has 0 amide bonds. The van der Waals surface area contributed by atoms with E-state index in [0.717, 1.165) is 24.3 Å². The number of hydrogen-bond donors (Lipinski definition) is 1. The van der Waals surface area contributed by atoms with Gasteiger partial charge < -0.3 is 19.3 Å². The third-order valence-corrected chi connectivity index (χ3v) is 7.43. The first kappa shape index (κ1) is 44.5. The van der Waals surface area contributed by atoms with Crippen LogP contribution in [-0.2, 0) is 31.9 Å². The molecule has 0 aromatic heterocycles. The van der Waals surface area contributed by atoms with Crippen molar-refractivity contribution in [3.05, 3.63) is 125 Å². The molecule has 0 aliphatic rings. The number of nitro benzene ring substituents is 1. The molecule has 286 valence electrons. The predicted octanol–water partition coefficient (Wildman–Crippen LogP) is 10.8. The number of nitrogens with zero attached hydrogens (tertiary/aromatic N) is 1. The Morgan fingerprint density at radius 2 is 1.25 bits per heavy atom. The van der Waals surface area contributed by atoms with Crippen LogP contribution in [0.4, 0.5) is 36.4 Å². The van der Waals surface area contributed by atoms with Gasteiger partial charge >= 0.3 is 17.6 Å². The number of phenolic OH excluding ortho intramolecular Hbond substituents is 1. The number of aromatic hydroxyl groups is 1. The molecule has 0 bridgehead atoms. The largest absolute Gasteiger partial charge is 0.508 e. The smallest absolute Gasteiger partial charge is 0.310 e. The Balaban J connectivity index is 0.000000299. The first-order valence-corrected chi connectivity index (χ1v) is 16.7. The number of rotatable bonds is 11. The van der Waals surface area contributed by atoms with Gasteiger partial charge in [-0.2, -0.15) is 4.39 Å². The average Bonchev–Trinajstić information content (AvgIpc) is 3.06. The number of phenols is 1. The molecule has 0 unspecified atom stereocenters. The van der Waals surface area contributed by atoms with Crippen LogP contribution in [0.25, 0.3) is 0 Å². The first-order valence-electron chi connectivity index (χ1n) is 15.1. The fraction of sp³-hybridized carbons (Fsp3) is 0.257. The van der Waals surface area contributed by atoms with E-state index in [1.54, 1.807) is 26.8 Å². The van der Waals surface area contributed by atoms with Gasteiger partial charge in [0.1, 0.15) is 11.5 Å². The second-order valence-corrected chi connectivity index (χ2v) is 12.3. The lowest BCUT2D eigenvalue weighted by atomic mass is 10.1. The van der Waals surface area contributed by atoms with E-state index in [2.05, 4.69) is 36.6 Å². The highest BCUT2D eigenvalue weighted by Gasteiger charge is 2.23. The van der Waals surface area contributed by atoms with Crippen LogP contribution in [0.1, 0.15) is 54.5 Å². The van der Waals surface area contributed by atoms with Crippen molar-refractivity contribution < 1.29 is 64.6 Å². The van der Waals surface area contributed by atoms with Gasteiger partial charge in [0.15, 0.2) is 17.4 Å². The summed E-state index contributed by atoms with van der Waals surface area (Å²) in [5.41, 5.74) is -1.07. The minimum Gasteiger partial charge on any atom is -0.508 e. The number of carbonyl (C=O) groups excluding carboxylic acids is 2. The zero-order valence-electron chi connectivity index (χ0n) is 27.9. The van der Waals surface area contributed by atoms with Crippen LogP contribution >= 0.6 is 31.9 Å². The number of esters is 2. The van der Waals surface area contributed by atoms with E-state index in [9.17, 15) is 50.4 Å². The van der Waals surface area contributed by atoms with Crippen molar-refractivity contribution in [3.63, 3.8) is 0 Å². The van der Waals surface area contributed by atoms with Crippen LogP contribution in [0.3, 0.4) is 0 Å². The van der Waals surface area contributed by atoms with Gasteiger partial charge in [-0.05, 0) is 68.8 Å². The highest BCUT2D eigenvalue weighted by molar-refractivity contribution is 9.10. The first-order chi connectivity index (χ1) is 24.9. The summed E-state index contributed by atoms with van der Waals surface area (Å²) in [6, 6.07) is 12.4. The lowest BCUT2D eigenvalue weighted by molar-refractivity contribution is -0.387. The molecule has 0 aliphatic carbocycles. The second kappa shape index (κ2) is 21.1. The van der Waals surface area contributed by atoms with Gasteiger partial charge in [0.25, 0.3) is 12.9 Å². The number of carbonyl (C=O) groups is 2. The summed E-state index contributed by atoms with van der Waals surface area (Å²) in [7, 11) is 0. The second-order valence-electron chi connectivity index (χ2n) is 10.4. The Labute approximate surface area is 315 Å². The number of halogens is 9. The lowest BCUT2D eigenvalue weighted by Gasteiger charge is -2.14. The van der Waals surface area contributed by atoms with Crippen LogP contribution in [0.2, 0.25) is 0 Å². The Bertz CT molecular complexity index is 1890. The summed E-state index contributed by atoms with van der Waals surface area (Å²) in [5, 5.41) is 19.2. The van der Waals surface area contributed by atoms with Gasteiger partial charge in [-0.15, -0.1) is 0 Å². The summed E-state index contributed by atoms with van der Waals surface area (Å²) in [5.74, 6) is -5.16. The van der Waals surface area contributed by atoms with Gasteiger partial charge in [-0.1, -0.05) is 44.0 Å². The van der Waals surface area contributed by atoms with E-state index in [0.29, 0.717) is 14.5 Å². The third kappa shape index (κ3) is 14.0. The minimum absolute atomic E-state index is 0.0694. The van der Waals surface area contributed by atoms with Crippen LogP contribution in [0.5, 0.6) is 17.2 Å². The van der Waals surface area contributed by atoms with Crippen molar-refractivity contribution in [2.24, 2.45) is 0 Å². The lowest BCUT2D eigenvalue weighted by Crippen LogP contribution is -2.10. The van der Waals surface area contributed by atoms with E-state index in [1.807, 2.05) is 0 Å². The van der Waals surface area contributed by atoms with Gasteiger partial charge in [0, 0.05) is 37.3 Å².